The van der Waals surface area contributed by atoms with Gasteiger partial charge in [0.05, 0.1) is 25.2 Å². The first-order valence-electron chi connectivity index (χ1n) is 7.85. The van der Waals surface area contributed by atoms with Gasteiger partial charge in [0.15, 0.2) is 11.5 Å². The van der Waals surface area contributed by atoms with Crippen molar-refractivity contribution in [2.45, 2.75) is 11.3 Å². The molecule has 26 heavy (non-hydrogen) atoms. The first-order chi connectivity index (χ1) is 12.5. The lowest BCUT2D eigenvalue weighted by molar-refractivity contribution is 0.0945. The quantitative estimate of drug-likeness (QED) is 0.764. The molecule has 138 valence electrons. The van der Waals surface area contributed by atoms with Gasteiger partial charge < -0.3 is 14.2 Å². The molecule has 0 radical (unpaired) electrons. The highest BCUT2D eigenvalue weighted by Gasteiger charge is 2.19. The van der Waals surface area contributed by atoms with Crippen LogP contribution in [0, 0.1) is 0 Å². The summed E-state index contributed by atoms with van der Waals surface area (Å²) in [5.41, 5.74) is 2.46. The molecule has 2 aromatic rings. The van der Waals surface area contributed by atoms with Crippen LogP contribution < -0.4 is 24.5 Å². The minimum absolute atomic E-state index is 0.0446. The third-order valence-corrected chi connectivity index (χ3v) is 4.93. The van der Waals surface area contributed by atoms with Crippen molar-refractivity contribution >= 4 is 15.9 Å². The van der Waals surface area contributed by atoms with Gasteiger partial charge in [-0.3, -0.25) is 10.2 Å². The van der Waals surface area contributed by atoms with Gasteiger partial charge in [0.2, 0.25) is 0 Å². The number of carbonyl (C=O) groups excluding carboxylic acids is 1. The SMILES string of the molecule is COc1ccc(C(=O)NNS(=O)(=O)c2ccc3c(c2)OCCCO3)cc1. The predicted octanol–water partition coefficient (Wildman–Crippen LogP) is 1.48. The maximum atomic E-state index is 12.4. The zero-order valence-electron chi connectivity index (χ0n) is 14.0. The Morgan fingerprint density at radius 1 is 1.04 bits per heavy atom. The smallest absolute Gasteiger partial charge is 0.266 e. The van der Waals surface area contributed by atoms with Crippen molar-refractivity contribution in [3.05, 3.63) is 48.0 Å². The zero-order valence-corrected chi connectivity index (χ0v) is 14.8. The van der Waals surface area contributed by atoms with E-state index in [-0.39, 0.29) is 10.5 Å². The lowest BCUT2D eigenvalue weighted by Gasteiger charge is -2.11. The fraction of sp³-hybridized carbons (Fsp3) is 0.235. The van der Waals surface area contributed by atoms with E-state index >= 15 is 0 Å². The molecule has 0 atom stereocenters. The third kappa shape index (κ3) is 4.06. The zero-order chi connectivity index (χ0) is 18.6. The summed E-state index contributed by atoms with van der Waals surface area (Å²) in [6.45, 7) is 0.952. The number of hydrazine groups is 1. The average molecular weight is 378 g/mol. The minimum Gasteiger partial charge on any atom is -0.497 e. The molecule has 0 bridgehead atoms. The Hall–Kier alpha value is -2.78. The Balaban J connectivity index is 1.70. The second-order valence-electron chi connectivity index (χ2n) is 5.45. The van der Waals surface area contributed by atoms with Crippen LogP contribution in [0.4, 0.5) is 0 Å². The Morgan fingerprint density at radius 3 is 2.42 bits per heavy atom. The van der Waals surface area contributed by atoms with Crippen LogP contribution in [0.1, 0.15) is 16.8 Å². The number of benzene rings is 2. The maximum Gasteiger partial charge on any atom is 0.266 e. The monoisotopic (exact) mass is 378 g/mol. The summed E-state index contributed by atoms with van der Waals surface area (Å²) in [5, 5.41) is 0. The molecule has 0 aliphatic carbocycles. The van der Waals surface area contributed by atoms with Crippen LogP contribution in [-0.2, 0) is 10.0 Å². The van der Waals surface area contributed by atoms with E-state index in [1.807, 2.05) is 0 Å². The molecule has 1 aliphatic heterocycles. The van der Waals surface area contributed by atoms with E-state index in [2.05, 4.69) is 10.3 Å². The molecule has 0 saturated heterocycles. The molecule has 0 unspecified atom stereocenters. The number of hydrogen-bond donors (Lipinski definition) is 2. The average Bonchev–Trinajstić information content (AvgIpc) is 2.91. The highest BCUT2D eigenvalue weighted by molar-refractivity contribution is 7.89. The highest BCUT2D eigenvalue weighted by Crippen LogP contribution is 2.31. The van der Waals surface area contributed by atoms with Crippen LogP contribution in [0.5, 0.6) is 17.2 Å². The molecule has 1 amide bonds. The normalized spacial score (nSPS) is 13.6. The minimum atomic E-state index is -3.96. The highest BCUT2D eigenvalue weighted by atomic mass is 32.2. The second-order valence-corrected chi connectivity index (χ2v) is 7.13. The van der Waals surface area contributed by atoms with Crippen LogP contribution in [0.3, 0.4) is 0 Å². The Kier molecular flexibility index (Phi) is 5.29. The van der Waals surface area contributed by atoms with Crippen molar-refractivity contribution in [3.63, 3.8) is 0 Å². The van der Waals surface area contributed by atoms with E-state index in [1.54, 1.807) is 12.1 Å². The summed E-state index contributed by atoms with van der Waals surface area (Å²) in [6, 6.07) is 10.5. The summed E-state index contributed by atoms with van der Waals surface area (Å²) in [6.07, 6.45) is 0.715. The number of carbonyl (C=O) groups is 1. The van der Waals surface area contributed by atoms with Gasteiger partial charge in [-0.1, -0.05) is 0 Å². The van der Waals surface area contributed by atoms with Crippen LogP contribution in [0.2, 0.25) is 0 Å². The molecular formula is C17H18N2O6S. The van der Waals surface area contributed by atoms with E-state index in [9.17, 15) is 13.2 Å². The van der Waals surface area contributed by atoms with E-state index in [0.29, 0.717) is 36.9 Å². The van der Waals surface area contributed by atoms with E-state index in [4.69, 9.17) is 14.2 Å². The number of nitrogens with one attached hydrogen (secondary N) is 2. The van der Waals surface area contributed by atoms with Crippen molar-refractivity contribution in [3.8, 4) is 17.2 Å². The summed E-state index contributed by atoms with van der Waals surface area (Å²) >= 11 is 0. The largest absolute Gasteiger partial charge is 0.497 e. The molecule has 2 N–H and O–H groups in total. The van der Waals surface area contributed by atoms with Crippen molar-refractivity contribution in [2.24, 2.45) is 0 Å². The molecule has 0 aromatic heterocycles. The third-order valence-electron chi connectivity index (χ3n) is 3.68. The molecule has 8 nitrogen and oxygen atoms in total. The topological polar surface area (TPSA) is 103 Å². The lowest BCUT2D eigenvalue weighted by atomic mass is 10.2. The van der Waals surface area contributed by atoms with E-state index < -0.39 is 15.9 Å². The number of fused-ring (bicyclic) bond motifs is 1. The van der Waals surface area contributed by atoms with Crippen LogP contribution in [-0.4, -0.2) is 34.6 Å². The van der Waals surface area contributed by atoms with Crippen molar-refractivity contribution < 1.29 is 27.4 Å². The lowest BCUT2D eigenvalue weighted by Crippen LogP contribution is -2.41. The molecule has 0 spiro atoms. The number of hydrogen-bond acceptors (Lipinski definition) is 6. The van der Waals surface area contributed by atoms with Crippen LogP contribution >= 0.6 is 0 Å². The number of rotatable bonds is 5. The Labute approximate surface area is 151 Å². The van der Waals surface area contributed by atoms with Gasteiger partial charge in [0.1, 0.15) is 5.75 Å². The van der Waals surface area contributed by atoms with Gasteiger partial charge >= 0.3 is 0 Å². The van der Waals surface area contributed by atoms with Gasteiger partial charge in [0.25, 0.3) is 15.9 Å². The van der Waals surface area contributed by atoms with E-state index in [0.717, 1.165) is 0 Å². The summed E-state index contributed by atoms with van der Waals surface area (Å²) in [4.78, 5) is 14.1. The molecule has 9 heteroatoms. The first-order valence-corrected chi connectivity index (χ1v) is 9.34. The fourth-order valence-corrected chi connectivity index (χ4v) is 3.15. The number of sulfonamides is 1. The maximum absolute atomic E-state index is 12.4. The standard InChI is InChI=1S/C17H18N2O6S/c1-23-13-5-3-12(4-6-13)17(20)18-19-26(21,22)14-7-8-15-16(11-14)25-10-2-9-24-15/h3-8,11,19H,2,9-10H2,1H3,(H,18,20). The van der Waals surface area contributed by atoms with Gasteiger partial charge in [-0.2, -0.15) is 0 Å². The molecule has 1 heterocycles. The van der Waals surface area contributed by atoms with E-state index in [1.165, 1.54) is 37.4 Å². The second kappa shape index (κ2) is 7.63. The van der Waals surface area contributed by atoms with Crippen LogP contribution in [0.25, 0.3) is 0 Å². The Morgan fingerprint density at radius 2 is 1.73 bits per heavy atom. The van der Waals surface area contributed by atoms with Crippen molar-refractivity contribution in [1.29, 1.82) is 0 Å². The summed E-state index contributed by atoms with van der Waals surface area (Å²) in [7, 11) is -2.45. The predicted molar refractivity (Wildman–Crippen MR) is 92.8 cm³/mol. The molecule has 3 rings (SSSR count). The Bertz CT molecular complexity index is 896. The van der Waals surface area contributed by atoms with Crippen molar-refractivity contribution in [2.75, 3.05) is 20.3 Å². The number of amides is 1. The fourth-order valence-electron chi connectivity index (χ4n) is 2.30. The van der Waals surface area contributed by atoms with Gasteiger partial charge in [-0.15, -0.1) is 4.83 Å². The molecule has 2 aromatic carbocycles. The van der Waals surface area contributed by atoms with Gasteiger partial charge in [0, 0.05) is 18.1 Å². The van der Waals surface area contributed by atoms with Crippen LogP contribution in [0.15, 0.2) is 47.4 Å². The number of ether oxygens (including phenoxy) is 3. The van der Waals surface area contributed by atoms with Gasteiger partial charge in [-0.25, -0.2) is 8.42 Å². The first kappa shape index (κ1) is 18.0. The molecular weight excluding hydrogens is 360 g/mol. The molecule has 0 fully saturated rings. The van der Waals surface area contributed by atoms with Crippen molar-refractivity contribution in [1.82, 2.24) is 10.3 Å². The molecule has 1 aliphatic rings. The number of methoxy groups -OCH3 is 1. The molecule has 0 saturated carbocycles. The summed E-state index contributed by atoms with van der Waals surface area (Å²) < 4.78 is 40.8. The summed E-state index contributed by atoms with van der Waals surface area (Å²) in [5.74, 6) is 0.843. The van der Waals surface area contributed by atoms with Gasteiger partial charge in [-0.05, 0) is 36.4 Å².